The van der Waals surface area contributed by atoms with Crippen molar-refractivity contribution in [1.29, 1.82) is 0 Å². The molecule has 2 rings (SSSR count). The van der Waals surface area contributed by atoms with Crippen LogP contribution in [0.5, 0.6) is 0 Å². The molecule has 1 fully saturated rings. The number of hydrogen-bond acceptors (Lipinski definition) is 5. The second-order valence-corrected chi connectivity index (χ2v) is 7.27. The van der Waals surface area contributed by atoms with Crippen LogP contribution in [0.1, 0.15) is 10.4 Å². The first-order valence-electron chi connectivity index (χ1n) is 6.55. The largest absolute Gasteiger partial charge is 0.336 e. The van der Waals surface area contributed by atoms with Crippen LogP contribution in [-0.4, -0.2) is 73.8 Å². The maximum Gasteiger partial charge on any atom is 0.255 e. The van der Waals surface area contributed by atoms with Crippen molar-refractivity contribution in [3.05, 3.63) is 30.1 Å². The van der Waals surface area contributed by atoms with Crippen molar-refractivity contribution in [1.82, 2.24) is 14.8 Å². The van der Waals surface area contributed by atoms with Gasteiger partial charge in [-0.15, -0.1) is 0 Å². The third-order valence-electron chi connectivity index (χ3n) is 3.35. The molecule has 0 bridgehead atoms. The monoisotopic (exact) mass is 297 g/mol. The minimum Gasteiger partial charge on any atom is -0.336 e. The Morgan fingerprint density at radius 1 is 1.30 bits per heavy atom. The van der Waals surface area contributed by atoms with Crippen molar-refractivity contribution in [2.75, 3.05) is 44.7 Å². The Balaban J connectivity index is 1.84. The Morgan fingerprint density at radius 3 is 2.55 bits per heavy atom. The van der Waals surface area contributed by atoms with Crippen molar-refractivity contribution < 1.29 is 13.2 Å². The molecule has 0 atom stereocenters. The molecule has 0 saturated carbocycles. The highest BCUT2D eigenvalue weighted by atomic mass is 32.2. The summed E-state index contributed by atoms with van der Waals surface area (Å²) >= 11 is 0. The Labute approximate surface area is 119 Å². The van der Waals surface area contributed by atoms with E-state index in [1.54, 1.807) is 29.4 Å². The number of piperazine rings is 1. The molecule has 1 aromatic rings. The molecule has 0 radical (unpaired) electrons. The van der Waals surface area contributed by atoms with Gasteiger partial charge in [-0.05, 0) is 12.1 Å². The lowest BCUT2D eigenvalue weighted by molar-refractivity contribution is 0.0643. The van der Waals surface area contributed by atoms with Gasteiger partial charge in [0, 0.05) is 51.4 Å². The molecule has 0 N–H and O–H groups in total. The van der Waals surface area contributed by atoms with Gasteiger partial charge in [-0.3, -0.25) is 14.7 Å². The highest BCUT2D eigenvalue weighted by Gasteiger charge is 2.22. The summed E-state index contributed by atoms with van der Waals surface area (Å²) in [6, 6.07) is 3.50. The minimum atomic E-state index is -2.93. The maximum absolute atomic E-state index is 12.2. The molecule has 0 unspecified atom stereocenters. The number of carbonyl (C=O) groups excluding carboxylic acids is 1. The van der Waals surface area contributed by atoms with E-state index in [0.717, 1.165) is 0 Å². The molecule has 6 nitrogen and oxygen atoms in total. The Morgan fingerprint density at radius 2 is 2.00 bits per heavy atom. The summed E-state index contributed by atoms with van der Waals surface area (Å²) in [5, 5.41) is 0. The number of pyridine rings is 1. The van der Waals surface area contributed by atoms with Crippen molar-refractivity contribution in [2.45, 2.75) is 0 Å². The molecule has 1 aromatic heterocycles. The zero-order valence-corrected chi connectivity index (χ0v) is 12.3. The molecule has 1 amide bonds. The van der Waals surface area contributed by atoms with Crippen LogP contribution in [0.3, 0.4) is 0 Å². The summed E-state index contributed by atoms with van der Waals surface area (Å²) in [6.07, 6.45) is 4.45. The van der Waals surface area contributed by atoms with Gasteiger partial charge in [0.25, 0.3) is 5.91 Å². The lowest BCUT2D eigenvalue weighted by atomic mass is 10.2. The molecule has 0 aromatic carbocycles. The lowest BCUT2D eigenvalue weighted by Crippen LogP contribution is -2.49. The lowest BCUT2D eigenvalue weighted by Gasteiger charge is -2.34. The fourth-order valence-corrected chi connectivity index (χ4v) is 2.73. The summed E-state index contributed by atoms with van der Waals surface area (Å²) in [5.74, 6) is 0.157. The van der Waals surface area contributed by atoms with Crippen molar-refractivity contribution in [3.63, 3.8) is 0 Å². The molecule has 1 saturated heterocycles. The van der Waals surface area contributed by atoms with Gasteiger partial charge < -0.3 is 4.90 Å². The van der Waals surface area contributed by atoms with Gasteiger partial charge in [0.05, 0.1) is 11.3 Å². The quantitative estimate of drug-likeness (QED) is 0.775. The van der Waals surface area contributed by atoms with Gasteiger partial charge in [0.1, 0.15) is 9.84 Å². The van der Waals surface area contributed by atoms with Crippen LogP contribution in [-0.2, 0) is 9.84 Å². The number of sulfone groups is 1. The average Bonchev–Trinajstić information content (AvgIpc) is 2.45. The predicted molar refractivity (Wildman–Crippen MR) is 76.3 cm³/mol. The standard InChI is InChI=1S/C13H19N3O3S/c1-20(18,19)10-9-15-5-7-16(8-6-15)13(17)12-3-2-4-14-11-12/h2-4,11H,5-10H2,1H3. The number of rotatable bonds is 4. The third kappa shape index (κ3) is 4.28. The highest BCUT2D eigenvalue weighted by molar-refractivity contribution is 7.90. The fraction of sp³-hybridized carbons (Fsp3) is 0.538. The van der Waals surface area contributed by atoms with E-state index >= 15 is 0 Å². The molecule has 0 spiro atoms. The third-order valence-corrected chi connectivity index (χ3v) is 4.27. The maximum atomic E-state index is 12.2. The van der Waals surface area contributed by atoms with E-state index in [0.29, 0.717) is 38.3 Å². The van der Waals surface area contributed by atoms with Crippen LogP contribution < -0.4 is 0 Å². The van der Waals surface area contributed by atoms with Gasteiger partial charge in [-0.2, -0.15) is 0 Å². The molecule has 1 aliphatic rings. The van der Waals surface area contributed by atoms with Crippen LogP contribution in [0.15, 0.2) is 24.5 Å². The Kier molecular flexibility index (Phi) is 4.72. The number of carbonyl (C=O) groups is 1. The minimum absolute atomic E-state index is 0.0131. The van der Waals surface area contributed by atoms with Crippen LogP contribution >= 0.6 is 0 Å². The molecule has 1 aliphatic heterocycles. The van der Waals surface area contributed by atoms with Crippen LogP contribution in [0, 0.1) is 0 Å². The van der Waals surface area contributed by atoms with Crippen LogP contribution in [0.4, 0.5) is 0 Å². The highest BCUT2D eigenvalue weighted by Crippen LogP contribution is 2.07. The zero-order valence-electron chi connectivity index (χ0n) is 11.5. The SMILES string of the molecule is CS(=O)(=O)CCN1CCN(C(=O)c2cccnc2)CC1. The van der Waals surface area contributed by atoms with Crippen molar-refractivity contribution in [2.24, 2.45) is 0 Å². The summed E-state index contributed by atoms with van der Waals surface area (Å²) in [5.41, 5.74) is 0.595. The van der Waals surface area contributed by atoms with E-state index in [1.807, 2.05) is 0 Å². The number of aromatic nitrogens is 1. The van der Waals surface area contributed by atoms with Crippen LogP contribution in [0.25, 0.3) is 0 Å². The fourth-order valence-electron chi connectivity index (χ4n) is 2.14. The summed E-state index contributed by atoms with van der Waals surface area (Å²) in [4.78, 5) is 20.0. The summed E-state index contributed by atoms with van der Waals surface area (Å²) in [7, 11) is -2.93. The molecule has 0 aliphatic carbocycles. The van der Waals surface area contributed by atoms with E-state index < -0.39 is 9.84 Å². The van der Waals surface area contributed by atoms with E-state index in [1.165, 1.54) is 6.26 Å². The molecule has 20 heavy (non-hydrogen) atoms. The summed E-state index contributed by atoms with van der Waals surface area (Å²) < 4.78 is 22.3. The van der Waals surface area contributed by atoms with Gasteiger partial charge in [0.2, 0.25) is 0 Å². The Hall–Kier alpha value is -1.47. The van der Waals surface area contributed by atoms with Crippen molar-refractivity contribution >= 4 is 15.7 Å². The second kappa shape index (κ2) is 6.32. The Bertz CT molecular complexity index is 551. The summed E-state index contributed by atoms with van der Waals surface area (Å²) in [6.45, 7) is 3.20. The van der Waals surface area contributed by atoms with Crippen molar-refractivity contribution in [3.8, 4) is 0 Å². The van der Waals surface area contributed by atoms with E-state index in [-0.39, 0.29) is 11.7 Å². The molecule has 7 heteroatoms. The van der Waals surface area contributed by atoms with Gasteiger partial charge in [-0.1, -0.05) is 0 Å². The van der Waals surface area contributed by atoms with E-state index in [4.69, 9.17) is 0 Å². The smallest absolute Gasteiger partial charge is 0.255 e. The second-order valence-electron chi connectivity index (χ2n) is 5.01. The number of amides is 1. The number of hydrogen-bond donors (Lipinski definition) is 0. The normalized spacial score (nSPS) is 17.1. The van der Waals surface area contributed by atoms with Crippen LogP contribution in [0.2, 0.25) is 0 Å². The van der Waals surface area contributed by atoms with Gasteiger partial charge in [-0.25, -0.2) is 8.42 Å². The topological polar surface area (TPSA) is 70.6 Å². The first-order valence-corrected chi connectivity index (χ1v) is 8.61. The predicted octanol–water partition coefficient (Wildman–Crippen LogP) is -0.116. The number of nitrogens with zero attached hydrogens (tertiary/aromatic N) is 3. The van der Waals surface area contributed by atoms with E-state index in [2.05, 4.69) is 9.88 Å². The molecule has 110 valence electrons. The average molecular weight is 297 g/mol. The first kappa shape index (κ1) is 14.9. The zero-order chi connectivity index (χ0) is 14.6. The molecule has 2 heterocycles. The van der Waals surface area contributed by atoms with Gasteiger partial charge in [0.15, 0.2) is 0 Å². The molecular formula is C13H19N3O3S. The molecular weight excluding hydrogens is 278 g/mol. The van der Waals surface area contributed by atoms with Gasteiger partial charge >= 0.3 is 0 Å². The van der Waals surface area contributed by atoms with E-state index in [9.17, 15) is 13.2 Å². The first-order chi connectivity index (χ1) is 9.46.